The van der Waals surface area contributed by atoms with Gasteiger partial charge in [0.1, 0.15) is 0 Å². The fourth-order valence-corrected chi connectivity index (χ4v) is 3.45. The van der Waals surface area contributed by atoms with Gasteiger partial charge in [-0.3, -0.25) is 0 Å². The molecule has 1 aliphatic rings. The van der Waals surface area contributed by atoms with Crippen LogP contribution in [0.4, 0.5) is 4.39 Å². The third-order valence-corrected chi connectivity index (χ3v) is 4.78. The number of aromatic nitrogens is 2. The minimum Gasteiger partial charge on any atom is -0.494 e. The van der Waals surface area contributed by atoms with Gasteiger partial charge in [0.25, 0.3) is 0 Å². The number of rotatable bonds is 3. The van der Waals surface area contributed by atoms with Gasteiger partial charge < -0.3 is 10.1 Å². The Labute approximate surface area is 140 Å². The highest BCUT2D eigenvalue weighted by Crippen LogP contribution is 2.29. The Morgan fingerprint density at radius 2 is 2.00 bits per heavy atom. The molecule has 4 nitrogen and oxygen atoms in total. The van der Waals surface area contributed by atoms with E-state index in [0.29, 0.717) is 5.92 Å². The summed E-state index contributed by atoms with van der Waals surface area (Å²) in [5.74, 6) is 0.471. The maximum absolute atomic E-state index is 13.6. The van der Waals surface area contributed by atoms with Gasteiger partial charge in [-0.25, -0.2) is 9.07 Å². The lowest BCUT2D eigenvalue weighted by atomic mass is 9.90. The fraction of sp³-hybridized carbons (Fsp3) is 0.316. The molecule has 1 fully saturated rings. The number of piperidine rings is 1. The molecule has 4 rings (SSSR count). The lowest BCUT2D eigenvalue weighted by molar-refractivity contribution is 0.386. The lowest BCUT2D eigenvalue weighted by Gasteiger charge is -2.23. The average Bonchev–Trinajstić information content (AvgIpc) is 3.06. The summed E-state index contributed by atoms with van der Waals surface area (Å²) in [6.07, 6.45) is 4.22. The molecule has 0 amide bonds. The highest BCUT2D eigenvalue weighted by Gasteiger charge is 2.16. The Balaban J connectivity index is 1.72. The maximum atomic E-state index is 13.6. The molecular formula is C19H20FN3O. The predicted octanol–water partition coefficient (Wildman–Crippen LogP) is 3.64. The van der Waals surface area contributed by atoms with Crippen LogP contribution in [0.15, 0.2) is 42.6 Å². The smallest absolute Gasteiger partial charge is 0.165 e. The van der Waals surface area contributed by atoms with E-state index in [1.807, 2.05) is 10.9 Å². The van der Waals surface area contributed by atoms with E-state index in [0.717, 1.165) is 29.7 Å². The minimum absolute atomic E-state index is 0.225. The van der Waals surface area contributed by atoms with E-state index in [1.54, 1.807) is 12.1 Å². The first-order valence-electron chi connectivity index (χ1n) is 8.28. The molecule has 2 heterocycles. The first-order valence-corrected chi connectivity index (χ1v) is 8.28. The summed E-state index contributed by atoms with van der Waals surface area (Å²) in [6, 6.07) is 11.3. The summed E-state index contributed by atoms with van der Waals surface area (Å²) in [5, 5.41) is 8.99. The molecule has 1 aromatic heterocycles. The summed E-state index contributed by atoms with van der Waals surface area (Å²) >= 11 is 0. The fourth-order valence-electron chi connectivity index (χ4n) is 3.45. The topological polar surface area (TPSA) is 39.1 Å². The highest BCUT2D eigenvalue weighted by molar-refractivity contribution is 5.81. The van der Waals surface area contributed by atoms with Crippen LogP contribution in [0.3, 0.4) is 0 Å². The summed E-state index contributed by atoms with van der Waals surface area (Å²) < 4.78 is 20.5. The van der Waals surface area contributed by atoms with Crippen LogP contribution in [0.2, 0.25) is 0 Å². The van der Waals surface area contributed by atoms with E-state index in [4.69, 9.17) is 4.74 Å². The first kappa shape index (κ1) is 15.1. The Morgan fingerprint density at radius 1 is 1.17 bits per heavy atom. The Bertz CT molecular complexity index is 868. The van der Waals surface area contributed by atoms with Crippen molar-refractivity contribution in [1.29, 1.82) is 0 Å². The summed E-state index contributed by atoms with van der Waals surface area (Å²) in [5.41, 5.74) is 3.18. The van der Waals surface area contributed by atoms with E-state index in [1.165, 1.54) is 31.6 Å². The van der Waals surface area contributed by atoms with Crippen LogP contribution in [0.1, 0.15) is 24.3 Å². The van der Waals surface area contributed by atoms with Crippen molar-refractivity contribution in [3.63, 3.8) is 0 Å². The van der Waals surface area contributed by atoms with Crippen LogP contribution in [-0.2, 0) is 0 Å². The van der Waals surface area contributed by atoms with Gasteiger partial charge in [-0.1, -0.05) is 6.07 Å². The number of nitrogens with zero attached hydrogens (tertiary/aromatic N) is 2. The van der Waals surface area contributed by atoms with E-state index in [2.05, 4.69) is 28.6 Å². The second kappa shape index (κ2) is 6.24. The van der Waals surface area contributed by atoms with Gasteiger partial charge in [-0.05, 0) is 61.7 Å². The van der Waals surface area contributed by atoms with Gasteiger partial charge in [0, 0.05) is 11.5 Å². The molecule has 0 saturated carbocycles. The van der Waals surface area contributed by atoms with Crippen molar-refractivity contribution >= 4 is 10.9 Å². The summed E-state index contributed by atoms with van der Waals surface area (Å²) in [4.78, 5) is 0. The second-order valence-electron chi connectivity index (χ2n) is 6.22. The van der Waals surface area contributed by atoms with Crippen LogP contribution < -0.4 is 10.1 Å². The van der Waals surface area contributed by atoms with Gasteiger partial charge in [0.15, 0.2) is 11.6 Å². The third-order valence-electron chi connectivity index (χ3n) is 4.78. The minimum atomic E-state index is -0.370. The molecule has 1 saturated heterocycles. The molecule has 5 heteroatoms. The molecule has 124 valence electrons. The number of fused-ring (bicyclic) bond motifs is 1. The van der Waals surface area contributed by atoms with Crippen molar-refractivity contribution in [3.05, 3.63) is 54.0 Å². The van der Waals surface area contributed by atoms with Crippen molar-refractivity contribution in [2.75, 3.05) is 20.2 Å². The van der Waals surface area contributed by atoms with Crippen molar-refractivity contribution < 1.29 is 9.13 Å². The number of hydrogen-bond donors (Lipinski definition) is 1. The van der Waals surface area contributed by atoms with Gasteiger partial charge >= 0.3 is 0 Å². The molecule has 0 bridgehead atoms. The Hall–Kier alpha value is -2.40. The second-order valence-corrected chi connectivity index (χ2v) is 6.22. The number of ether oxygens (including phenoxy) is 1. The van der Waals surface area contributed by atoms with Crippen LogP contribution in [0.25, 0.3) is 16.6 Å². The van der Waals surface area contributed by atoms with Crippen molar-refractivity contribution in [2.45, 2.75) is 18.8 Å². The van der Waals surface area contributed by atoms with Crippen LogP contribution in [-0.4, -0.2) is 30.0 Å². The number of halogens is 1. The van der Waals surface area contributed by atoms with Crippen LogP contribution in [0, 0.1) is 5.82 Å². The maximum Gasteiger partial charge on any atom is 0.165 e. The van der Waals surface area contributed by atoms with E-state index in [-0.39, 0.29) is 11.6 Å². The van der Waals surface area contributed by atoms with E-state index >= 15 is 0 Å². The monoisotopic (exact) mass is 325 g/mol. The zero-order chi connectivity index (χ0) is 16.5. The molecule has 0 atom stereocenters. The quantitative estimate of drug-likeness (QED) is 0.799. The summed E-state index contributed by atoms with van der Waals surface area (Å²) in [7, 11) is 1.47. The standard InChI is InChI=1S/C19H20FN3O/c1-24-19-11-16(3-4-17(19)20)23-18-5-2-14(10-15(18)12-22-23)13-6-8-21-9-7-13/h2-5,10-13,21H,6-9H2,1H3. The van der Waals surface area contributed by atoms with Crippen LogP contribution >= 0.6 is 0 Å². The first-order chi connectivity index (χ1) is 11.8. The summed E-state index contributed by atoms with van der Waals surface area (Å²) in [6.45, 7) is 2.16. The highest BCUT2D eigenvalue weighted by atomic mass is 19.1. The Kier molecular flexibility index (Phi) is 3.94. The number of nitrogens with one attached hydrogen (secondary N) is 1. The molecule has 0 aliphatic carbocycles. The van der Waals surface area contributed by atoms with Crippen molar-refractivity contribution in [1.82, 2.24) is 15.1 Å². The van der Waals surface area contributed by atoms with E-state index in [9.17, 15) is 4.39 Å². The lowest BCUT2D eigenvalue weighted by Crippen LogP contribution is -2.26. The van der Waals surface area contributed by atoms with E-state index < -0.39 is 0 Å². The SMILES string of the molecule is COc1cc(-n2ncc3cc(C4CCNCC4)ccc32)ccc1F. The molecule has 0 radical (unpaired) electrons. The van der Waals surface area contributed by atoms with Crippen molar-refractivity contribution in [2.24, 2.45) is 0 Å². The zero-order valence-electron chi connectivity index (χ0n) is 13.6. The number of benzene rings is 2. The molecule has 0 unspecified atom stereocenters. The molecule has 0 spiro atoms. The molecular weight excluding hydrogens is 305 g/mol. The van der Waals surface area contributed by atoms with Crippen molar-refractivity contribution in [3.8, 4) is 11.4 Å². The zero-order valence-corrected chi connectivity index (χ0v) is 13.6. The van der Waals surface area contributed by atoms with Gasteiger partial charge in [-0.15, -0.1) is 0 Å². The number of hydrogen-bond acceptors (Lipinski definition) is 3. The molecule has 3 aromatic rings. The molecule has 24 heavy (non-hydrogen) atoms. The Morgan fingerprint density at radius 3 is 2.79 bits per heavy atom. The van der Waals surface area contributed by atoms with Gasteiger partial charge in [-0.2, -0.15) is 5.10 Å². The van der Waals surface area contributed by atoms with Gasteiger partial charge in [0.2, 0.25) is 0 Å². The molecule has 1 aliphatic heterocycles. The largest absolute Gasteiger partial charge is 0.494 e. The predicted molar refractivity (Wildman–Crippen MR) is 92.4 cm³/mol. The van der Waals surface area contributed by atoms with Gasteiger partial charge in [0.05, 0.1) is 24.5 Å². The third kappa shape index (κ3) is 2.65. The molecule has 2 aromatic carbocycles. The normalized spacial score (nSPS) is 15.8. The molecule has 1 N–H and O–H groups in total. The average molecular weight is 325 g/mol. The number of methoxy groups -OCH3 is 1. The van der Waals surface area contributed by atoms with Crippen LogP contribution in [0.5, 0.6) is 5.75 Å².